The maximum absolute atomic E-state index is 5.77. The first kappa shape index (κ1) is 11.9. The average molecular weight is 229 g/mol. The second-order valence-corrected chi connectivity index (χ2v) is 5.44. The summed E-state index contributed by atoms with van der Waals surface area (Å²) in [5.41, 5.74) is 4.15. The van der Waals surface area contributed by atoms with Gasteiger partial charge in [0.05, 0.1) is 0 Å². The zero-order valence-corrected chi connectivity index (χ0v) is 10.6. The summed E-state index contributed by atoms with van der Waals surface area (Å²) in [6.45, 7) is 6.47. The molecule has 0 amide bonds. The fourth-order valence-corrected chi connectivity index (χ4v) is 2.36. The van der Waals surface area contributed by atoms with E-state index in [1.807, 2.05) is 11.8 Å². The molecule has 0 aromatic heterocycles. The molecule has 1 unspecified atom stereocenters. The van der Waals surface area contributed by atoms with Crippen LogP contribution >= 0.6 is 23.4 Å². The standard InChI is InChI=1S/C12H17ClS/c1-9-4-5-10(2)12(6-9)8-14-11(3)7-13/h4-6,11H,7-8H2,1-3H3. The van der Waals surface area contributed by atoms with Gasteiger partial charge < -0.3 is 0 Å². The Balaban J connectivity index is 2.62. The van der Waals surface area contributed by atoms with Crippen molar-refractivity contribution in [2.75, 3.05) is 5.88 Å². The number of hydrogen-bond donors (Lipinski definition) is 0. The molecule has 0 spiro atoms. The minimum absolute atomic E-state index is 0.538. The number of rotatable bonds is 4. The highest BCUT2D eigenvalue weighted by molar-refractivity contribution is 7.99. The lowest BCUT2D eigenvalue weighted by atomic mass is 10.1. The Kier molecular flexibility index (Phi) is 4.83. The predicted octanol–water partition coefficient (Wildman–Crippen LogP) is 4.16. The molecule has 0 N–H and O–H groups in total. The van der Waals surface area contributed by atoms with E-state index < -0.39 is 0 Å². The first-order valence-corrected chi connectivity index (χ1v) is 6.45. The molecular formula is C12H17ClS. The Bertz CT molecular complexity index is 296. The third kappa shape index (κ3) is 3.55. The van der Waals surface area contributed by atoms with Gasteiger partial charge in [0.2, 0.25) is 0 Å². The van der Waals surface area contributed by atoms with Crippen molar-refractivity contribution in [1.82, 2.24) is 0 Å². The van der Waals surface area contributed by atoms with E-state index in [0.29, 0.717) is 5.25 Å². The third-order valence-corrected chi connectivity index (χ3v) is 4.10. The second-order valence-electron chi connectivity index (χ2n) is 3.71. The van der Waals surface area contributed by atoms with E-state index in [1.54, 1.807) is 0 Å². The van der Waals surface area contributed by atoms with E-state index in [1.165, 1.54) is 16.7 Å². The summed E-state index contributed by atoms with van der Waals surface area (Å²) in [6, 6.07) is 6.62. The molecule has 0 aliphatic carbocycles. The molecule has 14 heavy (non-hydrogen) atoms. The minimum Gasteiger partial charge on any atom is -0.153 e. The molecule has 0 aliphatic heterocycles. The smallest absolute Gasteiger partial charge is 0.0340 e. The van der Waals surface area contributed by atoms with Crippen LogP contribution in [0.3, 0.4) is 0 Å². The molecule has 0 saturated heterocycles. The number of aryl methyl sites for hydroxylation is 2. The zero-order valence-electron chi connectivity index (χ0n) is 9.01. The van der Waals surface area contributed by atoms with Crippen LogP contribution < -0.4 is 0 Å². The van der Waals surface area contributed by atoms with Crippen LogP contribution in [0.2, 0.25) is 0 Å². The molecule has 2 heteroatoms. The van der Waals surface area contributed by atoms with Crippen molar-refractivity contribution in [2.24, 2.45) is 0 Å². The summed E-state index contributed by atoms with van der Waals surface area (Å²) in [5.74, 6) is 1.80. The molecular weight excluding hydrogens is 212 g/mol. The van der Waals surface area contributed by atoms with Crippen LogP contribution in [-0.4, -0.2) is 11.1 Å². The lowest BCUT2D eigenvalue weighted by Gasteiger charge is -2.10. The molecule has 1 aromatic carbocycles. The summed E-state index contributed by atoms with van der Waals surface area (Å²) in [5, 5.41) is 0.538. The normalized spacial score (nSPS) is 12.9. The Morgan fingerprint density at radius 3 is 2.71 bits per heavy atom. The first-order valence-electron chi connectivity index (χ1n) is 4.87. The molecule has 0 nitrogen and oxygen atoms in total. The third-order valence-electron chi connectivity index (χ3n) is 2.25. The van der Waals surface area contributed by atoms with Gasteiger partial charge in [-0.05, 0) is 25.0 Å². The Morgan fingerprint density at radius 2 is 2.07 bits per heavy atom. The number of alkyl halides is 1. The Morgan fingerprint density at radius 1 is 1.36 bits per heavy atom. The largest absolute Gasteiger partial charge is 0.153 e. The minimum atomic E-state index is 0.538. The van der Waals surface area contributed by atoms with Crippen molar-refractivity contribution in [2.45, 2.75) is 31.8 Å². The summed E-state index contributed by atoms with van der Waals surface area (Å²) < 4.78 is 0. The molecule has 0 radical (unpaired) electrons. The van der Waals surface area contributed by atoms with E-state index >= 15 is 0 Å². The molecule has 0 aliphatic rings. The SMILES string of the molecule is Cc1ccc(C)c(CSC(C)CCl)c1. The van der Waals surface area contributed by atoms with Gasteiger partial charge in [-0.1, -0.05) is 30.7 Å². The molecule has 78 valence electrons. The van der Waals surface area contributed by atoms with E-state index in [-0.39, 0.29) is 0 Å². The summed E-state index contributed by atoms with van der Waals surface area (Å²) in [4.78, 5) is 0. The number of hydrogen-bond acceptors (Lipinski definition) is 1. The van der Waals surface area contributed by atoms with Gasteiger partial charge >= 0.3 is 0 Å². The number of halogens is 1. The van der Waals surface area contributed by atoms with Crippen molar-refractivity contribution in [3.8, 4) is 0 Å². The van der Waals surface area contributed by atoms with Gasteiger partial charge in [0.25, 0.3) is 0 Å². The molecule has 1 aromatic rings. The van der Waals surface area contributed by atoms with Crippen LogP contribution in [0.25, 0.3) is 0 Å². The number of benzene rings is 1. The van der Waals surface area contributed by atoms with Crippen LogP contribution in [0, 0.1) is 13.8 Å². The van der Waals surface area contributed by atoms with Crippen molar-refractivity contribution in [1.29, 1.82) is 0 Å². The van der Waals surface area contributed by atoms with Crippen molar-refractivity contribution in [3.05, 3.63) is 34.9 Å². The van der Waals surface area contributed by atoms with Gasteiger partial charge in [-0.3, -0.25) is 0 Å². The van der Waals surface area contributed by atoms with Gasteiger partial charge in [-0.2, -0.15) is 11.8 Å². The van der Waals surface area contributed by atoms with Gasteiger partial charge in [0.1, 0.15) is 0 Å². The Hall–Kier alpha value is -0.140. The maximum atomic E-state index is 5.77. The second kappa shape index (κ2) is 5.67. The monoisotopic (exact) mass is 228 g/mol. The maximum Gasteiger partial charge on any atom is 0.0340 e. The quantitative estimate of drug-likeness (QED) is 0.698. The predicted molar refractivity (Wildman–Crippen MR) is 67.4 cm³/mol. The molecule has 0 fully saturated rings. The summed E-state index contributed by atoms with van der Waals surface area (Å²) in [7, 11) is 0. The van der Waals surface area contributed by atoms with Gasteiger partial charge in [0.15, 0.2) is 0 Å². The van der Waals surface area contributed by atoms with Crippen LogP contribution in [0.5, 0.6) is 0 Å². The van der Waals surface area contributed by atoms with Crippen molar-refractivity contribution in [3.63, 3.8) is 0 Å². The Labute approximate surface area is 96.0 Å². The van der Waals surface area contributed by atoms with E-state index in [9.17, 15) is 0 Å². The molecule has 0 saturated carbocycles. The molecule has 0 heterocycles. The zero-order chi connectivity index (χ0) is 10.6. The highest BCUT2D eigenvalue weighted by Gasteiger charge is 2.03. The lowest BCUT2D eigenvalue weighted by molar-refractivity contribution is 1.11. The highest BCUT2D eigenvalue weighted by atomic mass is 35.5. The van der Waals surface area contributed by atoms with Crippen molar-refractivity contribution >= 4 is 23.4 Å². The van der Waals surface area contributed by atoms with Gasteiger partial charge in [0, 0.05) is 16.9 Å². The fourth-order valence-electron chi connectivity index (χ4n) is 1.23. The highest BCUT2D eigenvalue weighted by Crippen LogP contribution is 2.21. The molecule has 1 atom stereocenters. The van der Waals surface area contributed by atoms with Crippen molar-refractivity contribution < 1.29 is 0 Å². The number of thioether (sulfide) groups is 1. The van der Waals surface area contributed by atoms with E-state index in [4.69, 9.17) is 11.6 Å². The summed E-state index contributed by atoms with van der Waals surface area (Å²) >= 11 is 7.69. The lowest BCUT2D eigenvalue weighted by Crippen LogP contribution is -1.98. The topological polar surface area (TPSA) is 0 Å². The van der Waals surface area contributed by atoms with Gasteiger partial charge in [-0.15, -0.1) is 11.6 Å². The van der Waals surface area contributed by atoms with E-state index in [2.05, 4.69) is 39.0 Å². The van der Waals surface area contributed by atoms with Crippen LogP contribution in [-0.2, 0) is 5.75 Å². The first-order chi connectivity index (χ1) is 6.63. The van der Waals surface area contributed by atoms with Crippen LogP contribution in [0.4, 0.5) is 0 Å². The average Bonchev–Trinajstić information content (AvgIpc) is 2.19. The molecule has 1 rings (SSSR count). The fraction of sp³-hybridized carbons (Fsp3) is 0.500. The summed E-state index contributed by atoms with van der Waals surface area (Å²) in [6.07, 6.45) is 0. The van der Waals surface area contributed by atoms with Crippen LogP contribution in [0.1, 0.15) is 23.6 Å². The van der Waals surface area contributed by atoms with Crippen LogP contribution in [0.15, 0.2) is 18.2 Å². The molecule has 0 bridgehead atoms. The van der Waals surface area contributed by atoms with Gasteiger partial charge in [-0.25, -0.2) is 0 Å². The van der Waals surface area contributed by atoms with E-state index in [0.717, 1.165) is 11.6 Å².